The van der Waals surface area contributed by atoms with Crippen LogP contribution < -0.4 is 0 Å². The highest BCUT2D eigenvalue weighted by Crippen LogP contribution is 2.36. The SMILES string of the molecule is O=C(O)CC1CC(F)(F)CN1C(=O)C(F)(F)F. The van der Waals surface area contributed by atoms with Crippen molar-refractivity contribution in [2.24, 2.45) is 0 Å². The zero-order chi connectivity index (χ0) is 13.4. The summed E-state index contributed by atoms with van der Waals surface area (Å²) in [4.78, 5) is 21.0. The van der Waals surface area contributed by atoms with Crippen LogP contribution in [-0.2, 0) is 9.59 Å². The summed E-state index contributed by atoms with van der Waals surface area (Å²) >= 11 is 0. The number of rotatable bonds is 2. The van der Waals surface area contributed by atoms with E-state index in [2.05, 4.69) is 0 Å². The molecule has 1 aliphatic heterocycles. The number of amides is 1. The number of alkyl halides is 5. The zero-order valence-corrected chi connectivity index (χ0v) is 8.30. The molecule has 0 aromatic carbocycles. The molecule has 1 aliphatic rings. The lowest BCUT2D eigenvalue weighted by molar-refractivity contribution is -0.187. The number of hydrogen-bond donors (Lipinski definition) is 1. The van der Waals surface area contributed by atoms with Crippen LogP contribution in [0.1, 0.15) is 12.8 Å². The Balaban J connectivity index is 2.88. The molecule has 0 saturated carbocycles. The molecule has 0 aromatic heterocycles. The Hall–Kier alpha value is -1.41. The van der Waals surface area contributed by atoms with E-state index < -0.39 is 49.4 Å². The number of halogens is 5. The molecule has 0 spiro atoms. The van der Waals surface area contributed by atoms with Crippen LogP contribution in [0.3, 0.4) is 0 Å². The van der Waals surface area contributed by atoms with Crippen LogP contribution in [0.4, 0.5) is 22.0 Å². The van der Waals surface area contributed by atoms with E-state index in [-0.39, 0.29) is 4.90 Å². The van der Waals surface area contributed by atoms with Gasteiger partial charge in [-0.05, 0) is 0 Å². The number of nitrogens with zero attached hydrogens (tertiary/aromatic N) is 1. The number of aliphatic carboxylic acids is 1. The Kier molecular flexibility index (Phi) is 3.30. The monoisotopic (exact) mass is 261 g/mol. The molecule has 1 saturated heterocycles. The maximum atomic E-state index is 12.9. The Morgan fingerprint density at radius 3 is 2.29 bits per heavy atom. The molecule has 1 rings (SSSR count). The van der Waals surface area contributed by atoms with Gasteiger partial charge in [-0.3, -0.25) is 9.59 Å². The second-order valence-electron chi connectivity index (χ2n) is 3.74. The first kappa shape index (κ1) is 13.7. The first-order valence-corrected chi connectivity index (χ1v) is 4.50. The topological polar surface area (TPSA) is 57.6 Å². The summed E-state index contributed by atoms with van der Waals surface area (Å²) in [5.41, 5.74) is 0. The van der Waals surface area contributed by atoms with E-state index >= 15 is 0 Å². The summed E-state index contributed by atoms with van der Waals surface area (Å²) in [6.45, 7) is -1.40. The summed E-state index contributed by atoms with van der Waals surface area (Å²) in [7, 11) is 0. The van der Waals surface area contributed by atoms with Gasteiger partial charge in [-0.15, -0.1) is 0 Å². The Bertz CT molecular complexity index is 341. The van der Waals surface area contributed by atoms with Gasteiger partial charge in [0.05, 0.1) is 13.0 Å². The number of carboxylic acids is 1. The van der Waals surface area contributed by atoms with Gasteiger partial charge in [-0.25, -0.2) is 8.78 Å². The van der Waals surface area contributed by atoms with Crippen molar-refractivity contribution in [3.63, 3.8) is 0 Å². The number of carboxylic acid groups (broad SMARTS) is 1. The van der Waals surface area contributed by atoms with E-state index in [0.29, 0.717) is 0 Å². The molecule has 9 heteroatoms. The van der Waals surface area contributed by atoms with Crippen LogP contribution in [0.15, 0.2) is 0 Å². The summed E-state index contributed by atoms with van der Waals surface area (Å²) in [6.07, 6.45) is -7.28. The van der Waals surface area contributed by atoms with E-state index in [0.717, 1.165) is 0 Å². The Morgan fingerprint density at radius 2 is 1.88 bits per heavy atom. The molecular weight excluding hydrogens is 253 g/mol. The molecule has 98 valence electrons. The van der Waals surface area contributed by atoms with Crippen LogP contribution in [0, 0.1) is 0 Å². The highest BCUT2D eigenvalue weighted by Gasteiger charge is 2.53. The number of hydrogen-bond acceptors (Lipinski definition) is 2. The minimum absolute atomic E-state index is 0.117. The maximum absolute atomic E-state index is 12.9. The summed E-state index contributed by atoms with van der Waals surface area (Å²) in [6, 6.07) is -1.63. The van der Waals surface area contributed by atoms with E-state index in [1.54, 1.807) is 0 Å². The van der Waals surface area contributed by atoms with Gasteiger partial charge in [0.2, 0.25) is 0 Å². The van der Waals surface area contributed by atoms with Crippen molar-refractivity contribution in [1.29, 1.82) is 0 Å². The lowest BCUT2D eigenvalue weighted by atomic mass is 10.1. The molecule has 1 atom stereocenters. The van der Waals surface area contributed by atoms with Gasteiger partial charge in [-0.1, -0.05) is 0 Å². The molecule has 0 aromatic rings. The van der Waals surface area contributed by atoms with Crippen molar-refractivity contribution < 1.29 is 36.6 Å². The second-order valence-corrected chi connectivity index (χ2v) is 3.74. The quantitative estimate of drug-likeness (QED) is 0.761. The average molecular weight is 261 g/mol. The van der Waals surface area contributed by atoms with Gasteiger partial charge >= 0.3 is 18.1 Å². The average Bonchev–Trinajstić information content (AvgIpc) is 2.36. The summed E-state index contributed by atoms with van der Waals surface area (Å²) in [5, 5.41) is 8.38. The minimum Gasteiger partial charge on any atom is -0.481 e. The zero-order valence-electron chi connectivity index (χ0n) is 8.30. The van der Waals surface area contributed by atoms with Crippen molar-refractivity contribution in [2.75, 3.05) is 6.54 Å². The fourth-order valence-electron chi connectivity index (χ4n) is 1.68. The van der Waals surface area contributed by atoms with Gasteiger partial charge in [0.1, 0.15) is 0 Å². The van der Waals surface area contributed by atoms with Crippen molar-refractivity contribution >= 4 is 11.9 Å². The lowest BCUT2D eigenvalue weighted by Gasteiger charge is -2.23. The summed E-state index contributed by atoms with van der Waals surface area (Å²) < 4.78 is 62.0. The van der Waals surface area contributed by atoms with Gasteiger partial charge < -0.3 is 10.0 Å². The third-order valence-electron chi connectivity index (χ3n) is 2.29. The fraction of sp³-hybridized carbons (Fsp3) is 0.750. The van der Waals surface area contributed by atoms with Gasteiger partial charge in [0.25, 0.3) is 5.92 Å². The lowest BCUT2D eigenvalue weighted by Crippen LogP contribution is -2.45. The highest BCUT2D eigenvalue weighted by atomic mass is 19.4. The minimum atomic E-state index is -5.28. The second kappa shape index (κ2) is 4.11. The third kappa shape index (κ3) is 3.27. The van der Waals surface area contributed by atoms with Crippen molar-refractivity contribution in [2.45, 2.75) is 31.0 Å². The van der Waals surface area contributed by atoms with Crippen LogP contribution in [0.5, 0.6) is 0 Å². The molecule has 17 heavy (non-hydrogen) atoms. The molecule has 4 nitrogen and oxygen atoms in total. The molecule has 1 heterocycles. The smallest absolute Gasteiger partial charge is 0.471 e. The molecule has 1 N–H and O–H groups in total. The molecule has 0 aliphatic carbocycles. The van der Waals surface area contributed by atoms with Crippen molar-refractivity contribution in [1.82, 2.24) is 4.90 Å². The molecule has 0 radical (unpaired) electrons. The normalized spacial score (nSPS) is 23.8. The first-order valence-electron chi connectivity index (χ1n) is 4.50. The molecular formula is C8H8F5NO3. The maximum Gasteiger partial charge on any atom is 0.471 e. The Labute approximate surface area is 92.0 Å². The fourth-order valence-corrected chi connectivity index (χ4v) is 1.68. The first-order chi connectivity index (χ1) is 7.53. The van der Waals surface area contributed by atoms with Crippen LogP contribution in [0.25, 0.3) is 0 Å². The molecule has 1 amide bonds. The van der Waals surface area contributed by atoms with E-state index in [9.17, 15) is 31.5 Å². The predicted molar refractivity (Wildman–Crippen MR) is 43.4 cm³/mol. The van der Waals surface area contributed by atoms with Crippen LogP contribution >= 0.6 is 0 Å². The molecule has 1 fully saturated rings. The molecule has 0 bridgehead atoms. The van der Waals surface area contributed by atoms with Crippen molar-refractivity contribution in [3.8, 4) is 0 Å². The molecule has 1 unspecified atom stereocenters. The van der Waals surface area contributed by atoms with E-state index in [4.69, 9.17) is 5.11 Å². The summed E-state index contributed by atoms with van der Waals surface area (Å²) in [5.74, 6) is -7.45. The standard InChI is InChI=1S/C8H8F5NO3/c9-7(10)2-4(1-5(15)16)14(3-7)6(17)8(11,12)13/h4H,1-3H2,(H,15,16). The van der Waals surface area contributed by atoms with E-state index in [1.807, 2.05) is 0 Å². The number of carbonyl (C=O) groups is 2. The van der Waals surface area contributed by atoms with Crippen molar-refractivity contribution in [3.05, 3.63) is 0 Å². The predicted octanol–water partition coefficient (Wildman–Crippen LogP) is 1.26. The van der Waals surface area contributed by atoms with Gasteiger partial charge in [0.15, 0.2) is 0 Å². The van der Waals surface area contributed by atoms with Gasteiger partial charge in [0, 0.05) is 12.5 Å². The van der Waals surface area contributed by atoms with Crippen LogP contribution in [0.2, 0.25) is 0 Å². The van der Waals surface area contributed by atoms with Crippen LogP contribution in [-0.4, -0.2) is 46.6 Å². The van der Waals surface area contributed by atoms with E-state index in [1.165, 1.54) is 0 Å². The number of likely N-dealkylation sites (tertiary alicyclic amines) is 1. The largest absolute Gasteiger partial charge is 0.481 e. The third-order valence-corrected chi connectivity index (χ3v) is 2.29. The Morgan fingerprint density at radius 1 is 1.35 bits per heavy atom. The highest BCUT2D eigenvalue weighted by molar-refractivity contribution is 5.83. The number of carbonyl (C=O) groups excluding carboxylic acids is 1. The van der Waals surface area contributed by atoms with Gasteiger partial charge in [-0.2, -0.15) is 13.2 Å².